The van der Waals surface area contributed by atoms with Crippen LogP contribution in [0.2, 0.25) is 0 Å². The van der Waals surface area contributed by atoms with Crippen LogP contribution in [-0.4, -0.2) is 75.4 Å². The van der Waals surface area contributed by atoms with Crippen LogP contribution < -0.4 is 76.6 Å². The summed E-state index contributed by atoms with van der Waals surface area (Å²) in [6.45, 7) is 2.94. The predicted octanol–water partition coefficient (Wildman–Crippen LogP) is -5.77. The summed E-state index contributed by atoms with van der Waals surface area (Å²) in [5, 5.41) is 26.1. The Labute approximate surface area is 254 Å². The summed E-state index contributed by atoms with van der Waals surface area (Å²) < 4.78 is 37.6. The van der Waals surface area contributed by atoms with Gasteiger partial charge in [-0.25, -0.2) is 0 Å². The van der Waals surface area contributed by atoms with E-state index >= 15 is 0 Å². The molecule has 0 spiro atoms. The van der Waals surface area contributed by atoms with Gasteiger partial charge in [-0.15, -0.1) is 6.61 Å². The van der Waals surface area contributed by atoms with Crippen molar-refractivity contribution >= 4 is 25.1 Å². The molecule has 8 nitrogen and oxygen atoms in total. The Morgan fingerprint density at radius 1 is 0.909 bits per heavy atom. The molecule has 0 saturated heterocycles. The molecule has 0 aromatic carbocycles. The van der Waals surface area contributed by atoms with Crippen molar-refractivity contribution in [3.8, 4) is 0 Å². The summed E-state index contributed by atoms with van der Waals surface area (Å²) in [6, 6.07) is 0. The molecule has 0 amide bonds. The van der Waals surface area contributed by atoms with Crippen molar-refractivity contribution in [1.29, 1.82) is 0 Å². The van der Waals surface area contributed by atoms with E-state index in [2.05, 4.69) is 4.74 Å². The molecule has 2 unspecified atom stereocenters. The van der Waals surface area contributed by atoms with E-state index in [1.54, 1.807) is 11.6 Å². The average Bonchev–Trinajstić information content (AvgIpc) is 3.16. The number of aliphatic hydroxyl groups is 2. The Morgan fingerprint density at radius 3 is 1.73 bits per heavy atom. The molecule has 2 N–H and O–H groups in total. The Balaban J connectivity index is -0.000000120. The summed E-state index contributed by atoms with van der Waals surface area (Å²) >= 11 is 5.54. The molecule has 33 heavy (non-hydrogen) atoms. The number of rotatable bonds is 10. The van der Waals surface area contributed by atoms with Gasteiger partial charge in [-0.2, -0.15) is 0 Å². The molecule has 2 aliphatic rings. The third-order valence-corrected chi connectivity index (χ3v) is 8.46. The molecule has 2 rings (SSSR count). The first kappa shape index (κ1) is 45.2. The van der Waals surface area contributed by atoms with Gasteiger partial charge in [-0.05, 0) is 49.6 Å². The van der Waals surface area contributed by atoms with Gasteiger partial charge >= 0.3 is 59.1 Å². The minimum atomic E-state index is -2.48. The standard InChI is InChI=1S/C9H17O4P.C5H8ClOP.C4H9O3.CH3.ClH.2Na/c1-9-2-7-14(11,8-9)13-6-5-12-4-3-10;1-5-2-3-8(6,7)4-5;5-1-3-7-4-2-6;;;;/h8,10H,2-7H2,1H3;4H,2-3H2,1H3;5H,1-4H2;1H3;1H;;/q;;2*-1;;2*+1/p-1. The Kier molecular flexibility index (Phi) is 37.4. The van der Waals surface area contributed by atoms with Gasteiger partial charge in [-0.1, -0.05) is 11.1 Å². The molecule has 2 atom stereocenters. The van der Waals surface area contributed by atoms with Crippen molar-refractivity contribution in [2.24, 2.45) is 0 Å². The topological polar surface area (TPSA) is 125 Å². The van der Waals surface area contributed by atoms with Crippen molar-refractivity contribution in [3.63, 3.8) is 0 Å². The molecule has 0 radical (unpaired) electrons. The molecule has 188 valence electrons. The second-order valence-corrected chi connectivity index (χ2v) is 12.8. The summed E-state index contributed by atoms with van der Waals surface area (Å²) in [5.41, 5.74) is 2.31. The second kappa shape index (κ2) is 27.3. The van der Waals surface area contributed by atoms with E-state index in [9.17, 15) is 14.2 Å². The molecule has 14 heteroatoms. The van der Waals surface area contributed by atoms with E-state index in [1.807, 2.05) is 13.8 Å². The molecule has 0 aromatic heterocycles. The second-order valence-electron chi connectivity index (χ2n) is 6.54. The van der Waals surface area contributed by atoms with Crippen molar-refractivity contribution in [3.05, 3.63) is 30.2 Å². The van der Waals surface area contributed by atoms with Gasteiger partial charge in [0.15, 0.2) is 6.49 Å². The number of allylic oxidation sites excluding steroid dienone is 2. The summed E-state index contributed by atoms with van der Waals surface area (Å²) in [5.74, 6) is 3.45. The summed E-state index contributed by atoms with van der Waals surface area (Å²) in [4.78, 5) is 0. The molecule has 0 fully saturated rings. The molecule has 0 aliphatic carbocycles. The Hall–Kier alpha value is 2.28. The van der Waals surface area contributed by atoms with E-state index in [0.717, 1.165) is 18.4 Å². The fraction of sp³-hybridized carbons (Fsp3) is 0.737. The molecular formula is C19H37Cl2Na2O8P2-. The van der Waals surface area contributed by atoms with E-state index < -0.39 is 13.9 Å². The maximum absolute atomic E-state index is 11.9. The number of halogens is 2. The van der Waals surface area contributed by atoms with Crippen LogP contribution in [0.3, 0.4) is 0 Å². The van der Waals surface area contributed by atoms with Crippen LogP contribution >= 0.6 is 25.1 Å². The van der Waals surface area contributed by atoms with Gasteiger partial charge in [0.1, 0.15) is 0 Å². The first-order chi connectivity index (χ1) is 13.7. The molecular weight excluding hydrogens is 535 g/mol. The Bertz CT molecular complexity index is 606. The Morgan fingerprint density at radius 2 is 1.39 bits per heavy atom. The number of hydrogen-bond acceptors (Lipinski definition) is 8. The van der Waals surface area contributed by atoms with Gasteiger partial charge in [0.2, 0.25) is 7.37 Å². The summed E-state index contributed by atoms with van der Waals surface area (Å²) in [7, 11) is -2.48. The maximum Gasteiger partial charge on any atom is 1.00 e. The number of ether oxygens (including phenoxy) is 2. The van der Waals surface area contributed by atoms with Gasteiger partial charge in [0.25, 0.3) is 0 Å². The predicted molar refractivity (Wildman–Crippen MR) is 121 cm³/mol. The number of hydrogen-bond donors (Lipinski definition) is 2. The number of aliphatic hydroxyl groups excluding tert-OH is 2. The van der Waals surface area contributed by atoms with E-state index in [-0.39, 0.29) is 112 Å². The van der Waals surface area contributed by atoms with Crippen molar-refractivity contribution in [2.75, 3.05) is 65.2 Å². The molecule has 0 saturated carbocycles. The quantitative estimate of drug-likeness (QED) is 0.115. The molecule has 2 heterocycles. The third kappa shape index (κ3) is 27.1. The van der Waals surface area contributed by atoms with E-state index in [1.165, 1.54) is 5.57 Å². The van der Waals surface area contributed by atoms with Crippen LogP contribution in [0.15, 0.2) is 22.8 Å². The molecule has 0 bridgehead atoms. The fourth-order valence-electron chi connectivity index (χ4n) is 2.33. The van der Waals surface area contributed by atoms with Crippen LogP contribution in [0, 0.1) is 7.43 Å². The van der Waals surface area contributed by atoms with Crippen LogP contribution in [-0.2, 0) is 23.1 Å². The largest absolute Gasteiger partial charge is 1.00 e. The maximum atomic E-state index is 11.9. The third-order valence-electron chi connectivity index (χ3n) is 3.70. The van der Waals surface area contributed by atoms with Gasteiger partial charge in [-0.3, -0.25) is 4.57 Å². The van der Waals surface area contributed by atoms with Crippen LogP contribution in [0.25, 0.3) is 0 Å². The van der Waals surface area contributed by atoms with Crippen molar-refractivity contribution in [2.45, 2.75) is 26.7 Å². The zero-order chi connectivity index (χ0) is 22.2. The van der Waals surface area contributed by atoms with Gasteiger partial charge in [0, 0.05) is 18.9 Å². The van der Waals surface area contributed by atoms with Crippen molar-refractivity contribution < 1.29 is 110 Å². The molecule has 0 aromatic rings. The normalized spacial score (nSPS) is 22.4. The van der Waals surface area contributed by atoms with Gasteiger partial charge in [0.05, 0.1) is 39.6 Å². The molecule has 2 aliphatic heterocycles. The van der Waals surface area contributed by atoms with Crippen LogP contribution in [0.5, 0.6) is 0 Å². The summed E-state index contributed by atoms with van der Waals surface area (Å²) in [6.07, 6.45) is 3.08. The fourth-order valence-corrected chi connectivity index (χ4v) is 6.84. The first-order valence-corrected chi connectivity index (χ1v) is 14.3. The minimum Gasteiger partial charge on any atom is -1.00 e. The van der Waals surface area contributed by atoms with Crippen LogP contribution in [0.1, 0.15) is 26.7 Å². The zero-order valence-electron chi connectivity index (χ0n) is 20.6. The SMILES string of the molecule is CC1=CP(=O)(Cl)CC1.CC1=CP(=O)(OCCOCCO)CC1.[CH3-].[Cl-].[Na+].[Na+].[O-]CCOCCO. The average molecular weight is 572 g/mol. The zero-order valence-corrected chi connectivity index (χ0v) is 27.9. The first-order valence-electron chi connectivity index (χ1n) is 9.51. The van der Waals surface area contributed by atoms with Crippen molar-refractivity contribution in [1.82, 2.24) is 0 Å². The van der Waals surface area contributed by atoms with E-state index in [4.69, 9.17) is 30.7 Å². The monoisotopic (exact) mass is 571 g/mol. The smallest absolute Gasteiger partial charge is 1.00 e. The van der Waals surface area contributed by atoms with E-state index in [0.29, 0.717) is 32.1 Å². The minimum absolute atomic E-state index is 0. The van der Waals surface area contributed by atoms with Gasteiger partial charge < -0.3 is 53.7 Å². The van der Waals surface area contributed by atoms with Crippen LogP contribution in [0.4, 0.5) is 0 Å².